The van der Waals surface area contributed by atoms with Gasteiger partial charge in [0.1, 0.15) is 0 Å². The molecule has 1 heterocycles. The van der Waals surface area contributed by atoms with Gasteiger partial charge in [0.2, 0.25) is 0 Å². The van der Waals surface area contributed by atoms with Crippen LogP contribution in [0.25, 0.3) is 18.2 Å². The molecule has 0 saturated heterocycles. The molecule has 0 radical (unpaired) electrons. The topological polar surface area (TPSA) is 17.3 Å². The van der Waals surface area contributed by atoms with Crippen molar-refractivity contribution >= 4 is 29.6 Å². The van der Waals surface area contributed by atoms with Gasteiger partial charge < -0.3 is 4.57 Å². The monoisotopic (exact) mass is 416 g/mol. The number of hydrogen-bond acceptors (Lipinski definition) is 1. The van der Waals surface area contributed by atoms with E-state index in [2.05, 4.69) is 103 Å². The maximum absolute atomic E-state index is 5.08. The number of hydrogen-bond donors (Lipinski definition) is 0. The fourth-order valence-corrected chi connectivity index (χ4v) is 4.08. The Morgan fingerprint density at radius 2 is 1.81 bits per heavy atom. The van der Waals surface area contributed by atoms with Crippen LogP contribution in [0.1, 0.15) is 77.3 Å². The summed E-state index contributed by atoms with van der Waals surface area (Å²) in [4.78, 5) is 5.08. The van der Waals surface area contributed by atoms with Crippen molar-refractivity contribution in [2.24, 2.45) is 10.9 Å². The lowest BCUT2D eigenvalue weighted by atomic mass is 9.98. The maximum atomic E-state index is 5.08. The molecular formula is C29H40N2. The molecule has 2 nitrogen and oxygen atoms in total. The summed E-state index contributed by atoms with van der Waals surface area (Å²) in [6, 6.07) is 6.63. The number of rotatable bonds is 8. The fraction of sp³-hybridized carbons (Fsp3) is 0.414. The minimum Gasteiger partial charge on any atom is -0.340 e. The van der Waals surface area contributed by atoms with E-state index in [1.54, 1.807) is 0 Å². The van der Waals surface area contributed by atoms with Crippen LogP contribution < -0.4 is 10.6 Å². The van der Waals surface area contributed by atoms with Gasteiger partial charge in [-0.25, -0.2) is 0 Å². The molecule has 1 aromatic carbocycles. The maximum Gasteiger partial charge on any atom is 0.0671 e. The van der Waals surface area contributed by atoms with Crippen molar-refractivity contribution in [2.75, 3.05) is 0 Å². The van der Waals surface area contributed by atoms with Crippen LogP contribution in [0.15, 0.2) is 41.4 Å². The lowest BCUT2D eigenvalue weighted by molar-refractivity contribution is 0.643. The highest BCUT2D eigenvalue weighted by Crippen LogP contribution is 2.28. The van der Waals surface area contributed by atoms with E-state index < -0.39 is 0 Å². The third-order valence-corrected chi connectivity index (χ3v) is 5.86. The van der Waals surface area contributed by atoms with Gasteiger partial charge in [-0.1, -0.05) is 63.3 Å². The molecule has 2 rings (SSSR count). The van der Waals surface area contributed by atoms with Gasteiger partial charge in [-0.2, -0.15) is 0 Å². The first-order valence-corrected chi connectivity index (χ1v) is 11.5. The van der Waals surface area contributed by atoms with Crippen molar-refractivity contribution in [2.45, 2.75) is 74.8 Å². The molecule has 0 spiro atoms. The molecule has 2 aromatic rings. The summed E-state index contributed by atoms with van der Waals surface area (Å²) in [6.07, 6.45) is 6.53. The molecule has 1 aromatic heterocycles. The van der Waals surface area contributed by atoms with Crippen molar-refractivity contribution in [3.63, 3.8) is 0 Å². The summed E-state index contributed by atoms with van der Waals surface area (Å²) in [5, 5.41) is 2.21. The predicted molar refractivity (Wildman–Crippen MR) is 140 cm³/mol. The van der Waals surface area contributed by atoms with Gasteiger partial charge in [-0.05, 0) is 87.4 Å². The van der Waals surface area contributed by atoms with E-state index in [1.807, 2.05) is 0 Å². The molecule has 0 bridgehead atoms. The third kappa shape index (κ3) is 5.97. The summed E-state index contributed by atoms with van der Waals surface area (Å²) >= 11 is 0. The van der Waals surface area contributed by atoms with Crippen LogP contribution in [0.3, 0.4) is 0 Å². The zero-order valence-corrected chi connectivity index (χ0v) is 20.9. The van der Waals surface area contributed by atoms with E-state index in [9.17, 15) is 0 Å². The second kappa shape index (κ2) is 10.6. The Morgan fingerprint density at radius 1 is 1.13 bits per heavy atom. The van der Waals surface area contributed by atoms with Gasteiger partial charge >= 0.3 is 0 Å². The van der Waals surface area contributed by atoms with Gasteiger partial charge in [-0.15, -0.1) is 0 Å². The van der Waals surface area contributed by atoms with Gasteiger partial charge in [0.05, 0.1) is 17.1 Å². The van der Waals surface area contributed by atoms with Crippen molar-refractivity contribution < 1.29 is 0 Å². The van der Waals surface area contributed by atoms with Crippen LogP contribution in [0, 0.1) is 12.8 Å². The molecule has 0 N–H and O–H groups in total. The Balaban J connectivity index is 2.59. The first-order chi connectivity index (χ1) is 14.6. The van der Waals surface area contributed by atoms with Crippen LogP contribution >= 0.6 is 0 Å². The second-order valence-electron chi connectivity index (χ2n) is 9.06. The number of benzene rings is 1. The van der Waals surface area contributed by atoms with Crippen molar-refractivity contribution in [3.05, 3.63) is 69.4 Å². The Bertz CT molecular complexity index is 1120. The number of aryl methyl sites for hydroxylation is 1. The average molecular weight is 417 g/mol. The highest BCUT2D eigenvalue weighted by molar-refractivity contribution is 5.99. The molecule has 0 saturated carbocycles. The molecule has 0 fully saturated rings. The van der Waals surface area contributed by atoms with Crippen LogP contribution in [0.5, 0.6) is 0 Å². The van der Waals surface area contributed by atoms with E-state index in [0.29, 0.717) is 5.92 Å². The van der Waals surface area contributed by atoms with Crippen LogP contribution in [0.2, 0.25) is 0 Å². The minimum absolute atomic E-state index is 0.667. The molecule has 0 unspecified atom stereocenters. The molecule has 0 atom stereocenters. The predicted octanol–water partition coefficient (Wildman–Crippen LogP) is 6.74. The highest BCUT2D eigenvalue weighted by atomic mass is 15.0. The van der Waals surface area contributed by atoms with E-state index in [0.717, 1.165) is 58.2 Å². The van der Waals surface area contributed by atoms with E-state index in [-0.39, 0.29) is 0 Å². The van der Waals surface area contributed by atoms with Crippen LogP contribution in [-0.2, 0) is 13.0 Å². The summed E-state index contributed by atoms with van der Waals surface area (Å²) in [6.45, 7) is 26.7. The number of aromatic nitrogens is 1. The quantitative estimate of drug-likeness (QED) is 0.424. The molecule has 0 amide bonds. The SMILES string of the molecule is C=C(C)c1cc(CC)c(C)c(N=C(C)c2c/c(=C/C=C(\C)CC(C)C)c(=C)n2CC)c1. The van der Waals surface area contributed by atoms with E-state index in [1.165, 1.54) is 16.7 Å². The lowest BCUT2D eigenvalue weighted by Gasteiger charge is -2.12. The van der Waals surface area contributed by atoms with Crippen molar-refractivity contribution in [1.29, 1.82) is 0 Å². The number of nitrogens with zero attached hydrogens (tertiary/aromatic N) is 2. The first-order valence-electron chi connectivity index (χ1n) is 11.5. The Morgan fingerprint density at radius 3 is 2.35 bits per heavy atom. The standard InChI is InChI=1S/C29H40N2/c1-11-25-16-27(20(5)6)17-28(22(25)8)30-23(9)29-18-26(24(10)31(29)12-2)14-13-21(7)15-19(3)4/h13-14,16-19H,5,10-12,15H2,1-4,6-9H3/b21-13+,26-14-,30-23?. The van der Waals surface area contributed by atoms with Gasteiger partial charge in [0.15, 0.2) is 0 Å². The van der Waals surface area contributed by atoms with E-state index in [4.69, 9.17) is 4.99 Å². The average Bonchev–Trinajstić information content (AvgIpc) is 3.02. The molecule has 2 heteroatoms. The second-order valence-corrected chi connectivity index (χ2v) is 9.06. The minimum atomic E-state index is 0.667. The molecular weight excluding hydrogens is 376 g/mol. The largest absolute Gasteiger partial charge is 0.340 e. The van der Waals surface area contributed by atoms with Crippen LogP contribution in [0.4, 0.5) is 5.69 Å². The Labute approximate surface area is 189 Å². The van der Waals surface area contributed by atoms with Crippen molar-refractivity contribution in [3.8, 4) is 0 Å². The molecule has 0 aliphatic rings. The summed E-state index contributed by atoms with van der Waals surface area (Å²) in [7, 11) is 0. The third-order valence-electron chi connectivity index (χ3n) is 5.86. The molecule has 0 aliphatic carbocycles. The fourth-order valence-electron chi connectivity index (χ4n) is 4.08. The van der Waals surface area contributed by atoms with Crippen LogP contribution in [-0.4, -0.2) is 10.3 Å². The molecule has 31 heavy (non-hydrogen) atoms. The normalized spacial score (nSPS) is 13.4. The number of allylic oxidation sites excluding steroid dienone is 3. The number of aliphatic imine (C=N–C) groups is 1. The van der Waals surface area contributed by atoms with Crippen molar-refractivity contribution in [1.82, 2.24) is 4.57 Å². The zero-order chi connectivity index (χ0) is 23.3. The van der Waals surface area contributed by atoms with Gasteiger partial charge in [0, 0.05) is 11.9 Å². The highest BCUT2D eigenvalue weighted by Gasteiger charge is 2.10. The molecule has 166 valence electrons. The van der Waals surface area contributed by atoms with Gasteiger partial charge in [0.25, 0.3) is 0 Å². The summed E-state index contributed by atoms with van der Waals surface area (Å²) in [5.41, 5.74) is 9.38. The first kappa shape index (κ1) is 24.7. The van der Waals surface area contributed by atoms with Gasteiger partial charge in [-0.3, -0.25) is 4.99 Å². The molecule has 0 aliphatic heterocycles. The zero-order valence-electron chi connectivity index (χ0n) is 20.9. The summed E-state index contributed by atoms with van der Waals surface area (Å²) in [5.74, 6) is 0.667. The Kier molecular flexibility index (Phi) is 8.44. The van der Waals surface area contributed by atoms with E-state index >= 15 is 0 Å². The lowest BCUT2D eigenvalue weighted by Crippen LogP contribution is -2.27. The smallest absolute Gasteiger partial charge is 0.0671 e. The Hall–Kier alpha value is -2.61. The summed E-state index contributed by atoms with van der Waals surface area (Å²) < 4.78 is 2.26.